The quantitative estimate of drug-likeness (QED) is 0.384. The zero-order valence-electron chi connectivity index (χ0n) is 4.96. The Morgan fingerprint density at radius 3 is 2.00 bits per heavy atom. The molecule has 1 atom stereocenters. The minimum absolute atomic E-state index is 0.382. The van der Waals surface area contributed by atoms with Crippen LogP contribution in [0.3, 0.4) is 0 Å². The molecule has 0 aromatic rings. The number of methoxy groups -OCH3 is 1. The van der Waals surface area contributed by atoms with Crippen molar-refractivity contribution in [2.75, 3.05) is 7.11 Å². The molecule has 0 aliphatic carbocycles. The normalized spacial score (nSPS) is 16.0. The first kappa shape index (κ1) is 8.41. The van der Waals surface area contributed by atoms with E-state index in [1.54, 1.807) is 6.92 Å². The monoisotopic (exact) mass is 132 g/mol. The molecule has 2 N–H and O–H groups in total. The second-order valence-corrected chi connectivity index (χ2v) is 2.65. The highest BCUT2D eigenvalue weighted by atomic mass is 27.0. The average Bonchev–Trinajstić information content (AvgIpc) is 1.67. The van der Waals surface area contributed by atoms with Crippen LogP contribution in [0.1, 0.15) is 6.92 Å². The second-order valence-electron chi connectivity index (χ2n) is 1.65. The summed E-state index contributed by atoms with van der Waals surface area (Å²) in [5.74, 6) is -2.00. The fraction of sp³-hybridized carbons (Fsp3) is 1.00. The second kappa shape index (κ2) is 2.81. The first-order chi connectivity index (χ1) is 3.50. The molecule has 8 heavy (non-hydrogen) atoms. The SMILES string of the molecule is COC(O)(O)[CH](C)[Al]. The van der Waals surface area contributed by atoms with Crippen LogP contribution >= 0.6 is 0 Å². The molecule has 3 nitrogen and oxygen atoms in total. The molecule has 0 saturated carbocycles. The molecule has 46 valence electrons. The van der Waals surface area contributed by atoms with E-state index in [4.69, 9.17) is 10.2 Å². The van der Waals surface area contributed by atoms with E-state index in [9.17, 15) is 0 Å². The van der Waals surface area contributed by atoms with Gasteiger partial charge in [0, 0.05) is 7.11 Å². The molecular formula is C4H9AlO3. The van der Waals surface area contributed by atoms with Crippen LogP contribution in [0.15, 0.2) is 0 Å². The summed E-state index contributed by atoms with van der Waals surface area (Å²) in [6.45, 7) is 1.62. The Kier molecular flexibility index (Phi) is 2.96. The first-order valence-corrected chi connectivity index (χ1v) is 2.93. The van der Waals surface area contributed by atoms with E-state index >= 15 is 0 Å². The molecule has 0 fully saturated rings. The van der Waals surface area contributed by atoms with Crippen molar-refractivity contribution in [2.24, 2.45) is 0 Å². The Morgan fingerprint density at radius 2 is 2.00 bits per heavy atom. The van der Waals surface area contributed by atoms with E-state index in [0.29, 0.717) is 0 Å². The standard InChI is InChI=1S/C4H9O3.Al/c1-3-4(5,6)7-2;/h3,5-6H,1-2H3;. The average molecular weight is 132 g/mol. The van der Waals surface area contributed by atoms with Crippen molar-refractivity contribution in [3.05, 3.63) is 0 Å². The third kappa shape index (κ3) is 2.12. The molecule has 0 bridgehead atoms. The third-order valence-corrected chi connectivity index (χ3v) is 1.33. The predicted octanol–water partition coefficient (Wildman–Crippen LogP) is -0.752. The van der Waals surface area contributed by atoms with Crippen molar-refractivity contribution in [1.29, 1.82) is 0 Å². The van der Waals surface area contributed by atoms with Gasteiger partial charge in [-0.2, -0.15) is 0 Å². The van der Waals surface area contributed by atoms with Crippen molar-refractivity contribution >= 4 is 16.3 Å². The van der Waals surface area contributed by atoms with Gasteiger partial charge in [-0.1, -0.05) is 6.92 Å². The Bertz CT molecular complexity index is 71.7. The summed E-state index contributed by atoms with van der Waals surface area (Å²) in [6, 6.07) is 0. The number of rotatable bonds is 2. The van der Waals surface area contributed by atoms with Gasteiger partial charge in [-0.05, 0) is 4.78 Å². The highest BCUT2D eigenvalue weighted by molar-refractivity contribution is 6.11. The van der Waals surface area contributed by atoms with Gasteiger partial charge in [-0.3, -0.25) is 0 Å². The van der Waals surface area contributed by atoms with Crippen LogP contribution in [-0.4, -0.2) is 39.6 Å². The van der Waals surface area contributed by atoms with Gasteiger partial charge in [0.2, 0.25) is 0 Å². The van der Waals surface area contributed by atoms with Gasteiger partial charge in [0.25, 0.3) is 5.97 Å². The van der Waals surface area contributed by atoms with Gasteiger partial charge in [-0.25, -0.2) is 0 Å². The topological polar surface area (TPSA) is 49.7 Å². The largest absolute Gasteiger partial charge is 0.344 e. The summed E-state index contributed by atoms with van der Waals surface area (Å²) in [6.07, 6.45) is 0. The Morgan fingerprint density at radius 1 is 1.62 bits per heavy atom. The molecule has 0 aromatic heterocycles. The van der Waals surface area contributed by atoms with Gasteiger partial charge in [-0.15, -0.1) is 0 Å². The van der Waals surface area contributed by atoms with Gasteiger partial charge >= 0.3 is 0 Å². The highest BCUT2D eigenvalue weighted by Crippen LogP contribution is 2.15. The molecule has 0 aliphatic rings. The molecule has 1 unspecified atom stereocenters. The minimum Gasteiger partial charge on any atom is -0.344 e. The maximum atomic E-state index is 8.71. The van der Waals surface area contributed by atoms with E-state index in [1.165, 1.54) is 7.11 Å². The smallest absolute Gasteiger partial charge is 0.265 e. The van der Waals surface area contributed by atoms with Crippen LogP contribution in [0.25, 0.3) is 0 Å². The van der Waals surface area contributed by atoms with Crippen LogP contribution in [0.5, 0.6) is 0 Å². The number of aliphatic hydroxyl groups is 2. The maximum Gasteiger partial charge on any atom is 0.265 e. The molecule has 2 radical (unpaired) electrons. The lowest BCUT2D eigenvalue weighted by Gasteiger charge is -2.23. The van der Waals surface area contributed by atoms with Crippen LogP contribution in [-0.2, 0) is 4.74 Å². The molecular weight excluding hydrogens is 123 g/mol. The molecule has 0 saturated heterocycles. The molecule has 0 rings (SSSR count). The summed E-state index contributed by atoms with van der Waals surface area (Å²) >= 11 is 2.22. The predicted molar refractivity (Wildman–Crippen MR) is 29.4 cm³/mol. The van der Waals surface area contributed by atoms with Gasteiger partial charge in [0.05, 0.1) is 0 Å². The van der Waals surface area contributed by atoms with Crippen molar-refractivity contribution in [2.45, 2.75) is 17.7 Å². The number of hydrogen-bond acceptors (Lipinski definition) is 3. The summed E-state index contributed by atoms with van der Waals surface area (Å²) in [4.78, 5) is 0. The number of ether oxygens (including phenoxy) is 1. The molecule has 0 spiro atoms. The zero-order chi connectivity index (χ0) is 6.78. The van der Waals surface area contributed by atoms with Crippen LogP contribution in [0.4, 0.5) is 0 Å². The first-order valence-electron chi connectivity index (χ1n) is 2.26. The highest BCUT2D eigenvalue weighted by Gasteiger charge is 2.25. The fourth-order valence-electron chi connectivity index (χ4n) is 0.186. The summed E-state index contributed by atoms with van der Waals surface area (Å²) in [5.41, 5.74) is 0. The third-order valence-electron chi connectivity index (χ3n) is 0.894. The van der Waals surface area contributed by atoms with Gasteiger partial charge in [0.1, 0.15) is 16.3 Å². The van der Waals surface area contributed by atoms with E-state index in [-0.39, 0.29) is 4.78 Å². The molecule has 0 heterocycles. The van der Waals surface area contributed by atoms with E-state index < -0.39 is 5.97 Å². The lowest BCUT2D eigenvalue weighted by atomic mass is 10.4. The molecule has 0 aromatic carbocycles. The van der Waals surface area contributed by atoms with Crippen LogP contribution < -0.4 is 0 Å². The molecule has 0 amide bonds. The van der Waals surface area contributed by atoms with Crippen LogP contribution in [0, 0.1) is 0 Å². The van der Waals surface area contributed by atoms with Gasteiger partial charge in [0.15, 0.2) is 0 Å². The van der Waals surface area contributed by atoms with Crippen LogP contribution in [0.2, 0.25) is 4.78 Å². The molecule has 0 aliphatic heterocycles. The molecule has 4 heteroatoms. The fourth-order valence-corrected chi connectivity index (χ4v) is 0.322. The summed E-state index contributed by atoms with van der Waals surface area (Å²) in [5, 5.41) is 17.4. The van der Waals surface area contributed by atoms with Crippen molar-refractivity contribution in [3.8, 4) is 0 Å². The Balaban J connectivity index is 3.71. The Hall–Kier alpha value is 0.412. The minimum atomic E-state index is -2.00. The van der Waals surface area contributed by atoms with E-state index in [0.717, 1.165) is 0 Å². The Labute approximate surface area is 56.7 Å². The van der Waals surface area contributed by atoms with Gasteiger partial charge < -0.3 is 14.9 Å². The zero-order valence-corrected chi connectivity index (χ0v) is 6.11. The number of hydrogen-bond donors (Lipinski definition) is 2. The van der Waals surface area contributed by atoms with Crippen molar-refractivity contribution < 1.29 is 14.9 Å². The lowest BCUT2D eigenvalue weighted by Crippen LogP contribution is -2.34. The van der Waals surface area contributed by atoms with Crippen molar-refractivity contribution in [3.63, 3.8) is 0 Å². The van der Waals surface area contributed by atoms with E-state index in [1.807, 2.05) is 0 Å². The van der Waals surface area contributed by atoms with Crippen molar-refractivity contribution in [1.82, 2.24) is 0 Å². The van der Waals surface area contributed by atoms with E-state index in [2.05, 4.69) is 21.0 Å². The summed E-state index contributed by atoms with van der Waals surface area (Å²) in [7, 11) is 1.24. The lowest BCUT2D eigenvalue weighted by molar-refractivity contribution is -0.325. The maximum absolute atomic E-state index is 8.71. The summed E-state index contributed by atoms with van der Waals surface area (Å²) < 4.78 is 3.91.